The van der Waals surface area contributed by atoms with E-state index >= 15 is 0 Å². The highest BCUT2D eigenvalue weighted by molar-refractivity contribution is 5.89. The van der Waals surface area contributed by atoms with Gasteiger partial charge in [-0.3, -0.25) is 0 Å². The van der Waals surface area contributed by atoms with Crippen LogP contribution in [0.5, 0.6) is 5.75 Å². The van der Waals surface area contributed by atoms with Crippen molar-refractivity contribution in [1.29, 1.82) is 0 Å². The summed E-state index contributed by atoms with van der Waals surface area (Å²) in [6.45, 7) is 4.20. The number of carbonyl (C=O) groups excluding carboxylic acids is 1. The summed E-state index contributed by atoms with van der Waals surface area (Å²) in [6, 6.07) is 6.65. The zero-order valence-electron chi connectivity index (χ0n) is 12.6. The SMILES string of the molecule is CCCCCCCCC(C)Oc1ccccc1C(=O)[O-]. The molecule has 0 heterocycles. The highest BCUT2D eigenvalue weighted by atomic mass is 16.5. The molecule has 0 radical (unpaired) electrons. The molecule has 0 fully saturated rings. The lowest BCUT2D eigenvalue weighted by molar-refractivity contribution is -0.255. The summed E-state index contributed by atoms with van der Waals surface area (Å²) >= 11 is 0. The normalized spacial score (nSPS) is 12.1. The van der Waals surface area contributed by atoms with Crippen LogP contribution in [0, 0.1) is 0 Å². The summed E-state index contributed by atoms with van der Waals surface area (Å²) in [5.74, 6) is -0.779. The van der Waals surface area contributed by atoms with Gasteiger partial charge in [0.25, 0.3) is 0 Å². The smallest absolute Gasteiger partial charge is 0.128 e. The van der Waals surface area contributed by atoms with Crippen LogP contribution < -0.4 is 9.84 Å². The molecule has 3 nitrogen and oxygen atoms in total. The molecule has 0 N–H and O–H groups in total. The van der Waals surface area contributed by atoms with Crippen LogP contribution in [0.4, 0.5) is 0 Å². The van der Waals surface area contributed by atoms with Crippen molar-refractivity contribution < 1.29 is 14.6 Å². The van der Waals surface area contributed by atoms with Crippen molar-refractivity contribution >= 4 is 5.97 Å². The number of hydrogen-bond donors (Lipinski definition) is 0. The maximum Gasteiger partial charge on any atom is 0.128 e. The van der Waals surface area contributed by atoms with Gasteiger partial charge in [-0.15, -0.1) is 0 Å². The first-order chi connectivity index (χ1) is 9.65. The maximum atomic E-state index is 11.0. The van der Waals surface area contributed by atoms with E-state index in [0.717, 1.165) is 12.8 Å². The molecule has 0 saturated heterocycles. The van der Waals surface area contributed by atoms with Crippen LogP contribution in [0.3, 0.4) is 0 Å². The Morgan fingerprint density at radius 2 is 1.80 bits per heavy atom. The topological polar surface area (TPSA) is 49.4 Å². The standard InChI is InChI=1S/C17H26O3/c1-3-4-5-6-7-8-11-14(2)20-16-13-10-9-12-15(16)17(18)19/h9-10,12-14H,3-8,11H2,1-2H3,(H,18,19)/p-1. The van der Waals surface area contributed by atoms with Crippen LogP contribution in [0.1, 0.15) is 69.2 Å². The molecule has 3 heteroatoms. The minimum Gasteiger partial charge on any atom is -0.545 e. The highest BCUT2D eigenvalue weighted by Crippen LogP contribution is 2.20. The van der Waals surface area contributed by atoms with Gasteiger partial charge >= 0.3 is 0 Å². The maximum absolute atomic E-state index is 11.0. The predicted octanol–water partition coefficient (Wildman–Crippen LogP) is 3.57. The summed E-state index contributed by atoms with van der Waals surface area (Å²) in [6.07, 6.45) is 8.48. The van der Waals surface area contributed by atoms with Crippen molar-refractivity contribution in [2.75, 3.05) is 0 Å². The third-order valence-corrected chi connectivity index (χ3v) is 3.40. The molecule has 0 aliphatic rings. The molecule has 0 spiro atoms. The van der Waals surface area contributed by atoms with Crippen molar-refractivity contribution in [1.82, 2.24) is 0 Å². The fourth-order valence-corrected chi connectivity index (χ4v) is 2.23. The van der Waals surface area contributed by atoms with Gasteiger partial charge in [0.05, 0.1) is 12.1 Å². The van der Waals surface area contributed by atoms with Crippen LogP contribution in [-0.2, 0) is 0 Å². The lowest BCUT2D eigenvalue weighted by atomic mass is 10.1. The van der Waals surface area contributed by atoms with Crippen LogP contribution >= 0.6 is 0 Å². The Morgan fingerprint density at radius 1 is 1.15 bits per heavy atom. The predicted molar refractivity (Wildman–Crippen MR) is 78.9 cm³/mol. The number of benzene rings is 1. The number of ether oxygens (including phenoxy) is 1. The first-order valence-electron chi connectivity index (χ1n) is 7.62. The fraction of sp³-hybridized carbons (Fsp3) is 0.588. The Bertz CT molecular complexity index is 401. The van der Waals surface area contributed by atoms with Gasteiger partial charge in [0, 0.05) is 5.56 Å². The molecule has 0 bridgehead atoms. The van der Waals surface area contributed by atoms with Crippen LogP contribution in [0.15, 0.2) is 24.3 Å². The van der Waals surface area contributed by atoms with Crippen molar-refractivity contribution in [3.63, 3.8) is 0 Å². The van der Waals surface area contributed by atoms with Gasteiger partial charge in [-0.25, -0.2) is 0 Å². The van der Waals surface area contributed by atoms with E-state index in [1.54, 1.807) is 18.2 Å². The van der Waals surface area contributed by atoms with E-state index in [1.165, 1.54) is 38.2 Å². The summed E-state index contributed by atoms with van der Waals surface area (Å²) < 4.78 is 5.71. The number of aromatic carboxylic acids is 1. The molecule has 0 aliphatic heterocycles. The molecule has 1 rings (SSSR count). The molecule has 1 unspecified atom stereocenters. The molecule has 0 aliphatic carbocycles. The van der Waals surface area contributed by atoms with Gasteiger partial charge in [0.1, 0.15) is 5.75 Å². The third kappa shape index (κ3) is 6.09. The van der Waals surface area contributed by atoms with Crippen LogP contribution in [0.2, 0.25) is 0 Å². The second kappa shape index (κ2) is 9.40. The van der Waals surface area contributed by atoms with Gasteiger partial charge in [0.15, 0.2) is 0 Å². The monoisotopic (exact) mass is 277 g/mol. The van der Waals surface area contributed by atoms with Gasteiger partial charge in [-0.2, -0.15) is 0 Å². The minimum absolute atomic E-state index is 0.0293. The van der Waals surface area contributed by atoms with Crippen LogP contribution in [-0.4, -0.2) is 12.1 Å². The fourth-order valence-electron chi connectivity index (χ4n) is 2.23. The Labute approximate surface area is 122 Å². The first kappa shape index (κ1) is 16.5. The summed E-state index contributed by atoms with van der Waals surface area (Å²) in [4.78, 5) is 11.0. The lowest BCUT2D eigenvalue weighted by Gasteiger charge is -2.17. The third-order valence-electron chi connectivity index (χ3n) is 3.40. The number of carbonyl (C=O) groups is 1. The molecule has 0 amide bonds. The highest BCUT2D eigenvalue weighted by Gasteiger charge is 2.08. The average Bonchev–Trinajstić information content (AvgIpc) is 2.43. The number of hydrogen-bond acceptors (Lipinski definition) is 3. The van der Waals surface area contributed by atoms with Crippen LogP contribution in [0.25, 0.3) is 0 Å². The van der Waals surface area contributed by atoms with Crippen molar-refractivity contribution in [2.45, 2.75) is 64.9 Å². The number of carboxylic acid groups (broad SMARTS) is 1. The van der Waals surface area contributed by atoms with E-state index in [2.05, 4.69) is 6.92 Å². The molecular weight excluding hydrogens is 252 g/mol. The van der Waals surface area contributed by atoms with Crippen molar-refractivity contribution in [3.05, 3.63) is 29.8 Å². The zero-order valence-corrected chi connectivity index (χ0v) is 12.6. The molecule has 0 aromatic heterocycles. The number of para-hydroxylation sites is 1. The van der Waals surface area contributed by atoms with Gasteiger partial charge in [0.2, 0.25) is 0 Å². The summed E-state index contributed by atoms with van der Waals surface area (Å²) in [5, 5.41) is 11.0. The summed E-state index contributed by atoms with van der Waals surface area (Å²) in [5.41, 5.74) is 0.127. The molecule has 20 heavy (non-hydrogen) atoms. The molecular formula is C17H25O3-. The molecule has 0 saturated carbocycles. The van der Waals surface area contributed by atoms with Crippen molar-refractivity contribution in [2.24, 2.45) is 0 Å². The zero-order chi connectivity index (χ0) is 14.8. The minimum atomic E-state index is -1.19. The van der Waals surface area contributed by atoms with E-state index in [-0.39, 0.29) is 11.7 Å². The quantitative estimate of drug-likeness (QED) is 0.614. The average molecular weight is 277 g/mol. The van der Waals surface area contributed by atoms with E-state index in [4.69, 9.17) is 4.74 Å². The lowest BCUT2D eigenvalue weighted by Crippen LogP contribution is -2.24. The second-order valence-electron chi connectivity index (χ2n) is 5.27. The molecule has 112 valence electrons. The molecule has 1 aromatic rings. The largest absolute Gasteiger partial charge is 0.545 e. The van der Waals surface area contributed by atoms with Gasteiger partial charge in [-0.1, -0.05) is 51.2 Å². The number of rotatable bonds is 10. The van der Waals surface area contributed by atoms with E-state index in [0.29, 0.717) is 5.75 Å². The number of carboxylic acids is 1. The Morgan fingerprint density at radius 3 is 2.50 bits per heavy atom. The Balaban J connectivity index is 2.32. The Kier molecular flexibility index (Phi) is 7.78. The van der Waals surface area contributed by atoms with Crippen molar-refractivity contribution in [3.8, 4) is 5.75 Å². The van der Waals surface area contributed by atoms with E-state index in [9.17, 15) is 9.90 Å². The van der Waals surface area contributed by atoms with Gasteiger partial charge < -0.3 is 14.6 Å². The second-order valence-corrected chi connectivity index (χ2v) is 5.27. The van der Waals surface area contributed by atoms with E-state index in [1.807, 2.05) is 6.92 Å². The number of unbranched alkanes of at least 4 members (excludes halogenated alkanes) is 5. The summed E-state index contributed by atoms with van der Waals surface area (Å²) in [7, 11) is 0. The van der Waals surface area contributed by atoms with E-state index < -0.39 is 5.97 Å². The molecule has 1 atom stereocenters. The molecule has 1 aromatic carbocycles. The Hall–Kier alpha value is -1.51. The van der Waals surface area contributed by atoms with Gasteiger partial charge in [-0.05, 0) is 31.9 Å². The first-order valence-corrected chi connectivity index (χ1v) is 7.62.